The van der Waals surface area contributed by atoms with Gasteiger partial charge in [0.25, 0.3) is 5.91 Å². The number of nitrogens with zero attached hydrogens (tertiary/aromatic N) is 3. The van der Waals surface area contributed by atoms with E-state index in [4.69, 9.17) is 10.3 Å². The lowest BCUT2D eigenvalue weighted by molar-refractivity contribution is -0.125. The van der Waals surface area contributed by atoms with E-state index < -0.39 is 6.04 Å². The molecule has 1 atom stereocenters. The highest BCUT2D eigenvalue weighted by molar-refractivity contribution is 6.01. The van der Waals surface area contributed by atoms with Crippen LogP contribution in [-0.2, 0) is 33.8 Å². The van der Waals surface area contributed by atoms with E-state index in [1.807, 2.05) is 24.4 Å². The topological polar surface area (TPSA) is 129 Å². The summed E-state index contributed by atoms with van der Waals surface area (Å²) in [5, 5.41) is 10.7. The van der Waals surface area contributed by atoms with E-state index in [0.717, 1.165) is 40.5 Å². The Bertz CT molecular complexity index is 1400. The average Bonchev–Trinajstić information content (AvgIpc) is 3.52. The quantitative estimate of drug-likeness (QED) is 0.212. The monoisotopic (exact) mass is 530 g/mol. The normalized spacial score (nSPS) is 13.8. The largest absolute Gasteiger partial charge is 0.383 e. The van der Waals surface area contributed by atoms with Crippen molar-refractivity contribution in [1.82, 2.24) is 14.8 Å². The van der Waals surface area contributed by atoms with E-state index in [2.05, 4.69) is 38.5 Å². The number of aldehydes is 1. The maximum atomic E-state index is 13.2. The number of nitrogens with one attached hydrogen (secondary N) is 3. The van der Waals surface area contributed by atoms with Gasteiger partial charge in [-0.2, -0.15) is 5.11 Å². The molecule has 4 rings (SSSR count). The molecule has 3 N–H and O–H groups in total. The molecule has 0 saturated carbocycles. The van der Waals surface area contributed by atoms with Crippen molar-refractivity contribution in [3.63, 3.8) is 0 Å². The standard InChI is InChI=1S/C29H34N6O4/c1-31-28(37)27(7-4-15-36)35-19-25-20(5-3-6-24(25)29(35)38)8-9-23(33-30)18-32-22-10-11-26-21(17-22)12-13-34(26)14-16-39-2/h3,5-6,10-13,15,17-18,27,30,32H,4,7-9,14,16,19H2,1-2H3,(H,31,37)/b23-18-,33-30?. The van der Waals surface area contributed by atoms with Crippen molar-refractivity contribution in [3.8, 4) is 0 Å². The molecule has 0 spiro atoms. The van der Waals surface area contributed by atoms with Gasteiger partial charge in [0.15, 0.2) is 0 Å². The van der Waals surface area contributed by atoms with Gasteiger partial charge < -0.3 is 29.6 Å². The number of hydrogen-bond donors (Lipinski definition) is 3. The van der Waals surface area contributed by atoms with Gasteiger partial charge in [-0.15, -0.1) is 0 Å². The van der Waals surface area contributed by atoms with E-state index in [0.29, 0.717) is 37.3 Å². The second-order valence-corrected chi connectivity index (χ2v) is 9.42. The van der Waals surface area contributed by atoms with Crippen LogP contribution in [0.2, 0.25) is 0 Å². The van der Waals surface area contributed by atoms with Crippen LogP contribution in [0.4, 0.5) is 5.69 Å². The van der Waals surface area contributed by atoms with Crippen molar-refractivity contribution >= 4 is 34.7 Å². The molecule has 1 aliphatic rings. The fourth-order valence-electron chi connectivity index (χ4n) is 4.99. The first kappa shape index (κ1) is 27.7. The summed E-state index contributed by atoms with van der Waals surface area (Å²) in [5.74, 6) is -0.492. The molecule has 0 saturated heterocycles. The number of amides is 2. The van der Waals surface area contributed by atoms with Crippen LogP contribution < -0.4 is 10.6 Å². The van der Waals surface area contributed by atoms with Crippen molar-refractivity contribution in [1.29, 1.82) is 5.53 Å². The summed E-state index contributed by atoms with van der Waals surface area (Å²) in [6.07, 6.45) is 6.09. The molecule has 2 aromatic carbocycles. The Morgan fingerprint density at radius 3 is 2.85 bits per heavy atom. The molecule has 2 heterocycles. The molecule has 204 valence electrons. The first-order valence-electron chi connectivity index (χ1n) is 13.0. The van der Waals surface area contributed by atoms with Crippen molar-refractivity contribution in [3.05, 3.63) is 77.2 Å². The smallest absolute Gasteiger partial charge is 0.255 e. The third-order valence-corrected chi connectivity index (χ3v) is 7.08. The molecule has 1 aromatic heterocycles. The number of methoxy groups -OCH3 is 1. The summed E-state index contributed by atoms with van der Waals surface area (Å²) < 4.78 is 7.32. The van der Waals surface area contributed by atoms with Crippen molar-refractivity contribution in [2.24, 2.45) is 5.11 Å². The number of benzene rings is 2. The molecule has 0 bridgehead atoms. The Hall–Kier alpha value is -4.31. The van der Waals surface area contributed by atoms with Gasteiger partial charge in [-0.05, 0) is 60.7 Å². The maximum absolute atomic E-state index is 13.2. The Morgan fingerprint density at radius 2 is 2.10 bits per heavy atom. The van der Waals surface area contributed by atoms with Crippen LogP contribution in [0, 0.1) is 5.53 Å². The minimum Gasteiger partial charge on any atom is -0.383 e. The third kappa shape index (κ3) is 6.23. The van der Waals surface area contributed by atoms with Crippen LogP contribution in [0.5, 0.6) is 0 Å². The highest BCUT2D eigenvalue weighted by Gasteiger charge is 2.36. The zero-order valence-electron chi connectivity index (χ0n) is 22.3. The molecule has 39 heavy (non-hydrogen) atoms. The molecule has 0 aliphatic carbocycles. The van der Waals surface area contributed by atoms with Crippen LogP contribution in [0.25, 0.3) is 10.9 Å². The van der Waals surface area contributed by atoms with Gasteiger partial charge >= 0.3 is 0 Å². The zero-order chi connectivity index (χ0) is 27.8. The number of allylic oxidation sites excluding steroid dienone is 1. The molecule has 0 fully saturated rings. The van der Waals surface area contributed by atoms with Crippen molar-refractivity contribution in [2.75, 3.05) is 26.1 Å². The number of carbonyl (C=O) groups excluding carboxylic acids is 3. The lowest BCUT2D eigenvalue weighted by atomic mass is 9.99. The van der Waals surface area contributed by atoms with Gasteiger partial charge in [-0.3, -0.25) is 9.59 Å². The van der Waals surface area contributed by atoms with Crippen LogP contribution in [0.15, 0.2) is 65.7 Å². The number of anilines is 1. The first-order chi connectivity index (χ1) is 19.0. The Morgan fingerprint density at radius 1 is 1.26 bits per heavy atom. The SMILES string of the molecule is CNC(=O)C(CCC=O)N1Cc2c(CC/C(=C/Nc3ccc4c(ccn4CCOC)c3)N=N)cccc2C1=O. The minimum atomic E-state index is -0.704. The summed E-state index contributed by atoms with van der Waals surface area (Å²) in [6, 6.07) is 13.0. The van der Waals surface area contributed by atoms with Gasteiger partial charge in [0.05, 0.1) is 12.3 Å². The molecule has 3 aromatic rings. The number of aromatic nitrogens is 1. The fourth-order valence-corrected chi connectivity index (χ4v) is 4.99. The third-order valence-electron chi connectivity index (χ3n) is 7.08. The number of rotatable bonds is 14. The van der Waals surface area contributed by atoms with E-state index >= 15 is 0 Å². The molecule has 10 heteroatoms. The Labute approximate surface area is 227 Å². The first-order valence-corrected chi connectivity index (χ1v) is 13.0. The second-order valence-electron chi connectivity index (χ2n) is 9.42. The predicted molar refractivity (Wildman–Crippen MR) is 148 cm³/mol. The van der Waals surface area contributed by atoms with Crippen molar-refractivity contribution in [2.45, 2.75) is 44.8 Å². The van der Waals surface area contributed by atoms with Crippen LogP contribution >= 0.6 is 0 Å². The van der Waals surface area contributed by atoms with Crippen LogP contribution in [-0.4, -0.2) is 54.4 Å². The predicted octanol–water partition coefficient (Wildman–Crippen LogP) is 4.25. The molecule has 1 unspecified atom stereocenters. The molecule has 1 aliphatic heterocycles. The van der Waals surface area contributed by atoms with Gasteiger partial charge in [0, 0.05) is 68.2 Å². The number of hydrogen-bond acceptors (Lipinski definition) is 7. The highest BCUT2D eigenvalue weighted by atomic mass is 16.5. The number of ether oxygens (including phenoxy) is 1. The molecular weight excluding hydrogens is 496 g/mol. The number of aryl methyl sites for hydroxylation is 1. The lowest BCUT2D eigenvalue weighted by Gasteiger charge is -2.25. The summed E-state index contributed by atoms with van der Waals surface area (Å²) >= 11 is 0. The fraction of sp³-hybridized carbons (Fsp3) is 0.345. The summed E-state index contributed by atoms with van der Waals surface area (Å²) in [5.41, 5.74) is 12.7. The van der Waals surface area contributed by atoms with Crippen LogP contribution in [0.1, 0.15) is 40.7 Å². The van der Waals surface area contributed by atoms with Gasteiger partial charge in [-0.25, -0.2) is 5.53 Å². The minimum absolute atomic E-state index is 0.198. The summed E-state index contributed by atoms with van der Waals surface area (Å²) in [4.78, 5) is 38.1. The second kappa shape index (κ2) is 13.0. The van der Waals surface area contributed by atoms with Gasteiger partial charge in [-0.1, -0.05) is 12.1 Å². The van der Waals surface area contributed by atoms with Crippen molar-refractivity contribution < 1.29 is 19.1 Å². The van der Waals surface area contributed by atoms with Crippen LogP contribution in [0.3, 0.4) is 0 Å². The summed E-state index contributed by atoms with van der Waals surface area (Å²) in [6.45, 7) is 1.74. The number of likely N-dealkylation sites (N-methyl/N-ethyl adjacent to an activating group) is 1. The Kier molecular flexibility index (Phi) is 9.22. The van der Waals surface area contributed by atoms with Gasteiger partial charge in [0.1, 0.15) is 12.3 Å². The maximum Gasteiger partial charge on any atom is 0.255 e. The van der Waals surface area contributed by atoms with Gasteiger partial charge in [0.2, 0.25) is 5.91 Å². The molecule has 10 nitrogen and oxygen atoms in total. The number of carbonyl (C=O) groups is 3. The van der Waals surface area contributed by atoms with E-state index in [9.17, 15) is 14.4 Å². The van der Waals surface area contributed by atoms with E-state index in [1.165, 1.54) is 7.05 Å². The van der Waals surface area contributed by atoms with E-state index in [1.54, 1.807) is 24.3 Å². The average molecular weight is 531 g/mol. The zero-order valence-corrected chi connectivity index (χ0v) is 22.3. The van der Waals surface area contributed by atoms with E-state index in [-0.39, 0.29) is 24.7 Å². The molecule has 0 radical (unpaired) electrons. The molecule has 2 amide bonds. The Balaban J connectivity index is 1.44. The molecular formula is C29H34N6O4. The lowest BCUT2D eigenvalue weighted by Crippen LogP contribution is -2.46. The number of fused-ring (bicyclic) bond motifs is 2. The summed E-state index contributed by atoms with van der Waals surface area (Å²) in [7, 11) is 3.22. The highest BCUT2D eigenvalue weighted by Crippen LogP contribution is 2.30.